The lowest BCUT2D eigenvalue weighted by molar-refractivity contribution is 1.16. The summed E-state index contributed by atoms with van der Waals surface area (Å²) in [5.74, 6) is 0. The lowest BCUT2D eigenvalue weighted by Crippen LogP contribution is -1.82. The van der Waals surface area contributed by atoms with E-state index in [0.717, 1.165) is 17.0 Å². The highest BCUT2D eigenvalue weighted by atomic mass is 35.5. The molecule has 0 unspecified atom stereocenters. The summed E-state index contributed by atoms with van der Waals surface area (Å²) in [6.07, 6.45) is 7.52. The van der Waals surface area contributed by atoms with Gasteiger partial charge in [-0.15, -0.1) is 0 Å². The fraction of sp³-hybridized carbons (Fsp3) is 0.143. The van der Waals surface area contributed by atoms with E-state index >= 15 is 0 Å². The second-order valence-electron chi connectivity index (χ2n) is 4.19. The number of allylic oxidation sites excluding steroid dienone is 3. The van der Waals surface area contributed by atoms with Crippen LogP contribution in [0.15, 0.2) is 35.9 Å². The van der Waals surface area contributed by atoms with Crippen molar-refractivity contribution in [3.63, 3.8) is 0 Å². The first-order valence-electron chi connectivity index (χ1n) is 5.39. The van der Waals surface area contributed by atoms with E-state index in [4.69, 9.17) is 11.6 Å². The summed E-state index contributed by atoms with van der Waals surface area (Å²) < 4.78 is 0. The molecule has 1 aromatic carbocycles. The summed E-state index contributed by atoms with van der Waals surface area (Å²) >= 11 is 6.04. The van der Waals surface area contributed by atoms with Crippen LogP contribution in [0.25, 0.3) is 17.0 Å². The average Bonchev–Trinajstić information content (AvgIpc) is 2.50. The first-order valence-corrected chi connectivity index (χ1v) is 5.77. The number of benzene rings is 1. The van der Waals surface area contributed by atoms with Crippen molar-refractivity contribution in [1.29, 1.82) is 0 Å². The number of rotatable bonds is 0. The van der Waals surface area contributed by atoms with Gasteiger partial charge in [-0.25, -0.2) is 0 Å². The van der Waals surface area contributed by atoms with Gasteiger partial charge in [0.2, 0.25) is 0 Å². The van der Waals surface area contributed by atoms with E-state index in [0.29, 0.717) is 0 Å². The molecule has 0 saturated carbocycles. The van der Waals surface area contributed by atoms with Crippen LogP contribution >= 0.6 is 11.6 Å². The smallest absolute Gasteiger partial charge is 0.0463 e. The summed E-state index contributed by atoms with van der Waals surface area (Å²) in [5, 5.41) is 2.00. The number of fused-ring (bicyclic) bond motifs is 3. The molecule has 0 aliphatic heterocycles. The van der Waals surface area contributed by atoms with Crippen LogP contribution in [0.1, 0.15) is 18.2 Å². The van der Waals surface area contributed by atoms with E-state index in [1.54, 1.807) is 0 Å². The van der Waals surface area contributed by atoms with Crippen molar-refractivity contribution in [2.45, 2.75) is 13.3 Å². The molecular formula is C14H12ClN. The summed E-state index contributed by atoms with van der Waals surface area (Å²) in [4.78, 5) is 3.45. The maximum absolute atomic E-state index is 6.04. The highest BCUT2D eigenvalue weighted by Crippen LogP contribution is 2.29. The van der Waals surface area contributed by atoms with E-state index in [1.807, 2.05) is 18.2 Å². The molecule has 1 heterocycles. The molecule has 1 aliphatic rings. The van der Waals surface area contributed by atoms with Gasteiger partial charge in [-0.3, -0.25) is 0 Å². The highest BCUT2D eigenvalue weighted by Gasteiger charge is 2.10. The van der Waals surface area contributed by atoms with E-state index in [2.05, 4.69) is 30.1 Å². The molecule has 1 N–H and O–H groups in total. The molecule has 0 bridgehead atoms. The molecule has 0 fully saturated rings. The van der Waals surface area contributed by atoms with Gasteiger partial charge < -0.3 is 4.98 Å². The number of aromatic nitrogens is 1. The van der Waals surface area contributed by atoms with Crippen LogP contribution in [-0.4, -0.2) is 4.98 Å². The molecule has 16 heavy (non-hydrogen) atoms. The lowest BCUT2D eigenvalue weighted by atomic mass is 10.1. The first kappa shape index (κ1) is 9.73. The van der Waals surface area contributed by atoms with Crippen LogP contribution in [0.5, 0.6) is 0 Å². The minimum absolute atomic E-state index is 0.789. The zero-order valence-electron chi connectivity index (χ0n) is 9.05. The molecule has 0 radical (unpaired) electrons. The van der Waals surface area contributed by atoms with Crippen LogP contribution < -0.4 is 0 Å². The largest absolute Gasteiger partial charge is 0.358 e. The van der Waals surface area contributed by atoms with Gasteiger partial charge in [0.05, 0.1) is 0 Å². The van der Waals surface area contributed by atoms with Crippen LogP contribution in [0.3, 0.4) is 0 Å². The number of halogens is 1. The second-order valence-corrected chi connectivity index (χ2v) is 4.63. The van der Waals surface area contributed by atoms with Gasteiger partial charge in [0.1, 0.15) is 0 Å². The third-order valence-corrected chi connectivity index (χ3v) is 3.26. The molecule has 0 amide bonds. The molecule has 1 aromatic heterocycles. The fourth-order valence-electron chi connectivity index (χ4n) is 2.14. The monoisotopic (exact) mass is 229 g/mol. The Kier molecular flexibility index (Phi) is 2.15. The molecule has 0 saturated heterocycles. The number of nitrogens with one attached hydrogen (secondary N) is 1. The van der Waals surface area contributed by atoms with Gasteiger partial charge >= 0.3 is 0 Å². The molecule has 1 aliphatic carbocycles. The van der Waals surface area contributed by atoms with E-state index in [1.165, 1.54) is 22.2 Å². The molecule has 3 rings (SSSR count). The van der Waals surface area contributed by atoms with Gasteiger partial charge in [-0.1, -0.05) is 35.4 Å². The van der Waals surface area contributed by atoms with Crippen molar-refractivity contribution in [3.8, 4) is 0 Å². The zero-order chi connectivity index (χ0) is 11.1. The summed E-state index contributed by atoms with van der Waals surface area (Å²) in [6.45, 7) is 2.12. The highest BCUT2D eigenvalue weighted by molar-refractivity contribution is 6.31. The van der Waals surface area contributed by atoms with Gasteiger partial charge in [-0.05, 0) is 25.1 Å². The van der Waals surface area contributed by atoms with E-state index in [9.17, 15) is 0 Å². The zero-order valence-corrected chi connectivity index (χ0v) is 9.81. The van der Waals surface area contributed by atoms with Crippen LogP contribution in [0.4, 0.5) is 0 Å². The van der Waals surface area contributed by atoms with Gasteiger partial charge in [-0.2, -0.15) is 0 Å². The van der Waals surface area contributed by atoms with Gasteiger partial charge in [0.15, 0.2) is 0 Å². The Bertz CT molecular complexity index is 617. The second kappa shape index (κ2) is 3.53. The molecule has 0 spiro atoms. The minimum atomic E-state index is 0.789. The number of aromatic amines is 1. The molecular weight excluding hydrogens is 218 g/mol. The Morgan fingerprint density at radius 1 is 1.25 bits per heavy atom. The van der Waals surface area contributed by atoms with Gasteiger partial charge in [0, 0.05) is 33.6 Å². The summed E-state index contributed by atoms with van der Waals surface area (Å²) in [5.41, 5.74) is 5.00. The number of hydrogen-bond donors (Lipinski definition) is 1. The Hall–Kier alpha value is -1.47. The number of hydrogen-bond acceptors (Lipinski definition) is 0. The lowest BCUT2D eigenvalue weighted by Gasteiger charge is -1.94. The van der Waals surface area contributed by atoms with Crippen LogP contribution in [0, 0.1) is 0 Å². The van der Waals surface area contributed by atoms with Crippen LogP contribution in [-0.2, 0) is 6.42 Å². The number of H-pyrrole nitrogens is 1. The SMILES string of the molecule is CC1=CCc2[nH]c3ccc(Cl)cc3c2C=C1. The van der Waals surface area contributed by atoms with Crippen molar-refractivity contribution in [2.24, 2.45) is 0 Å². The molecule has 2 heteroatoms. The predicted octanol–water partition coefficient (Wildman–Crippen LogP) is 4.34. The third-order valence-electron chi connectivity index (χ3n) is 3.02. The summed E-state index contributed by atoms with van der Waals surface area (Å²) in [7, 11) is 0. The molecule has 0 atom stereocenters. The summed E-state index contributed by atoms with van der Waals surface area (Å²) in [6, 6.07) is 5.98. The topological polar surface area (TPSA) is 15.8 Å². The van der Waals surface area contributed by atoms with E-state index < -0.39 is 0 Å². The van der Waals surface area contributed by atoms with Crippen molar-refractivity contribution >= 4 is 28.6 Å². The maximum atomic E-state index is 6.04. The fourth-order valence-corrected chi connectivity index (χ4v) is 2.31. The van der Waals surface area contributed by atoms with Crippen LogP contribution in [0.2, 0.25) is 5.02 Å². The quantitative estimate of drug-likeness (QED) is 0.692. The Morgan fingerprint density at radius 2 is 2.12 bits per heavy atom. The predicted molar refractivity (Wildman–Crippen MR) is 69.8 cm³/mol. The first-order chi connectivity index (χ1) is 7.74. The van der Waals surface area contributed by atoms with E-state index in [-0.39, 0.29) is 0 Å². The Balaban J connectivity index is 2.29. The maximum Gasteiger partial charge on any atom is 0.0463 e. The van der Waals surface area contributed by atoms with Crippen molar-refractivity contribution in [1.82, 2.24) is 4.98 Å². The molecule has 2 aromatic rings. The third kappa shape index (κ3) is 1.48. The average molecular weight is 230 g/mol. The standard InChI is InChI=1S/C14H12ClN/c1-9-2-5-11-12-8-10(15)4-7-14(12)16-13(11)6-3-9/h2-5,7-8,16H,6H2,1H3. The Labute approximate surface area is 99.4 Å². The normalized spacial score (nSPS) is 14.8. The van der Waals surface area contributed by atoms with Crippen molar-refractivity contribution in [3.05, 3.63) is 52.2 Å². The molecule has 80 valence electrons. The van der Waals surface area contributed by atoms with Crippen molar-refractivity contribution in [2.75, 3.05) is 0 Å². The Morgan fingerprint density at radius 3 is 3.00 bits per heavy atom. The minimum Gasteiger partial charge on any atom is -0.358 e. The molecule has 1 nitrogen and oxygen atoms in total. The van der Waals surface area contributed by atoms with Gasteiger partial charge in [0.25, 0.3) is 0 Å². The van der Waals surface area contributed by atoms with Crippen molar-refractivity contribution < 1.29 is 0 Å².